The SMILES string of the molecule is COC(C)(C)/C=C/c1ccccc1C. The molecule has 0 aliphatic carbocycles. The fourth-order valence-corrected chi connectivity index (χ4v) is 1.13. The van der Waals surface area contributed by atoms with Crippen LogP contribution in [0.3, 0.4) is 0 Å². The van der Waals surface area contributed by atoms with Crippen LogP contribution in [0.2, 0.25) is 0 Å². The van der Waals surface area contributed by atoms with Gasteiger partial charge in [-0.3, -0.25) is 0 Å². The molecule has 1 nitrogen and oxygen atoms in total. The molecule has 1 aromatic rings. The first-order valence-corrected chi connectivity index (χ1v) is 4.85. The van der Waals surface area contributed by atoms with Crippen molar-refractivity contribution >= 4 is 6.08 Å². The van der Waals surface area contributed by atoms with Crippen LogP contribution in [0.4, 0.5) is 0 Å². The summed E-state index contributed by atoms with van der Waals surface area (Å²) in [5.41, 5.74) is 2.34. The van der Waals surface area contributed by atoms with Crippen LogP contribution in [-0.4, -0.2) is 12.7 Å². The van der Waals surface area contributed by atoms with Crippen molar-refractivity contribution in [1.82, 2.24) is 0 Å². The number of methoxy groups -OCH3 is 1. The molecule has 0 saturated heterocycles. The van der Waals surface area contributed by atoms with Crippen molar-refractivity contribution in [3.63, 3.8) is 0 Å². The minimum absolute atomic E-state index is 0.192. The highest BCUT2D eigenvalue weighted by Crippen LogP contribution is 2.14. The smallest absolute Gasteiger partial charge is 0.0805 e. The Morgan fingerprint density at radius 2 is 1.86 bits per heavy atom. The number of ether oxygens (including phenoxy) is 1. The zero-order valence-corrected chi connectivity index (χ0v) is 9.37. The molecule has 0 spiro atoms. The monoisotopic (exact) mass is 190 g/mol. The van der Waals surface area contributed by atoms with E-state index in [0.29, 0.717) is 0 Å². The third-order valence-electron chi connectivity index (χ3n) is 2.38. The molecule has 0 unspecified atom stereocenters. The number of hydrogen-bond acceptors (Lipinski definition) is 1. The minimum atomic E-state index is -0.192. The molecule has 1 heteroatoms. The van der Waals surface area contributed by atoms with Crippen LogP contribution < -0.4 is 0 Å². The summed E-state index contributed by atoms with van der Waals surface area (Å²) in [6, 6.07) is 8.32. The summed E-state index contributed by atoms with van der Waals surface area (Å²) in [5, 5.41) is 0. The van der Waals surface area contributed by atoms with E-state index in [2.05, 4.69) is 31.2 Å². The topological polar surface area (TPSA) is 9.23 Å². The summed E-state index contributed by atoms with van der Waals surface area (Å²) in [7, 11) is 1.72. The summed E-state index contributed by atoms with van der Waals surface area (Å²) in [6.07, 6.45) is 4.19. The summed E-state index contributed by atoms with van der Waals surface area (Å²) >= 11 is 0. The minimum Gasteiger partial charge on any atom is -0.375 e. The second kappa shape index (κ2) is 4.43. The molecule has 0 N–H and O–H groups in total. The van der Waals surface area contributed by atoms with Gasteiger partial charge in [0, 0.05) is 7.11 Å². The van der Waals surface area contributed by atoms with Crippen molar-refractivity contribution in [2.45, 2.75) is 26.4 Å². The van der Waals surface area contributed by atoms with Gasteiger partial charge in [0.2, 0.25) is 0 Å². The maximum absolute atomic E-state index is 5.31. The molecule has 1 aromatic carbocycles. The van der Waals surface area contributed by atoms with E-state index in [1.165, 1.54) is 11.1 Å². The van der Waals surface area contributed by atoms with Gasteiger partial charge < -0.3 is 4.74 Å². The van der Waals surface area contributed by atoms with Gasteiger partial charge in [-0.15, -0.1) is 0 Å². The fraction of sp³-hybridized carbons (Fsp3) is 0.385. The van der Waals surface area contributed by atoms with Gasteiger partial charge in [-0.25, -0.2) is 0 Å². The average molecular weight is 190 g/mol. The zero-order valence-electron chi connectivity index (χ0n) is 9.37. The number of benzene rings is 1. The Kier molecular flexibility index (Phi) is 3.48. The molecule has 0 aromatic heterocycles. The highest BCUT2D eigenvalue weighted by Gasteiger charge is 2.10. The molecule has 0 bridgehead atoms. The van der Waals surface area contributed by atoms with Gasteiger partial charge in [0.25, 0.3) is 0 Å². The number of aryl methyl sites for hydroxylation is 1. The summed E-state index contributed by atoms with van der Waals surface area (Å²) in [6.45, 7) is 6.20. The molecule has 14 heavy (non-hydrogen) atoms. The van der Waals surface area contributed by atoms with E-state index in [0.717, 1.165) is 0 Å². The van der Waals surface area contributed by atoms with Crippen molar-refractivity contribution in [3.8, 4) is 0 Å². The molecule has 76 valence electrons. The molecule has 0 amide bonds. The molecule has 0 atom stereocenters. The standard InChI is InChI=1S/C13H18O/c1-11-7-5-6-8-12(11)9-10-13(2,3)14-4/h5-10H,1-4H3/b10-9+. The van der Waals surface area contributed by atoms with Crippen LogP contribution in [0.25, 0.3) is 6.08 Å². The van der Waals surface area contributed by atoms with Gasteiger partial charge in [0.15, 0.2) is 0 Å². The van der Waals surface area contributed by atoms with Gasteiger partial charge in [-0.05, 0) is 31.9 Å². The number of hydrogen-bond donors (Lipinski definition) is 0. The Balaban J connectivity index is 2.84. The Morgan fingerprint density at radius 3 is 2.43 bits per heavy atom. The van der Waals surface area contributed by atoms with E-state index in [1.807, 2.05) is 26.0 Å². The molecule has 0 heterocycles. The van der Waals surface area contributed by atoms with E-state index in [1.54, 1.807) is 7.11 Å². The maximum atomic E-state index is 5.31. The lowest BCUT2D eigenvalue weighted by Gasteiger charge is -2.17. The van der Waals surface area contributed by atoms with Crippen LogP contribution in [0.1, 0.15) is 25.0 Å². The molecule has 0 aliphatic rings. The third-order valence-corrected chi connectivity index (χ3v) is 2.38. The van der Waals surface area contributed by atoms with Gasteiger partial charge in [-0.1, -0.05) is 36.4 Å². The lowest BCUT2D eigenvalue weighted by atomic mass is 10.0. The highest BCUT2D eigenvalue weighted by atomic mass is 16.5. The van der Waals surface area contributed by atoms with Crippen LogP contribution in [0.15, 0.2) is 30.3 Å². The van der Waals surface area contributed by atoms with Crippen molar-refractivity contribution in [1.29, 1.82) is 0 Å². The Bertz CT molecular complexity index is 324. The van der Waals surface area contributed by atoms with Crippen molar-refractivity contribution in [2.24, 2.45) is 0 Å². The van der Waals surface area contributed by atoms with E-state index in [9.17, 15) is 0 Å². The first-order valence-electron chi connectivity index (χ1n) is 4.85. The first kappa shape index (κ1) is 11.0. The largest absolute Gasteiger partial charge is 0.375 e. The van der Waals surface area contributed by atoms with Crippen LogP contribution in [0, 0.1) is 6.92 Å². The summed E-state index contributed by atoms with van der Waals surface area (Å²) in [5.74, 6) is 0. The molecule has 0 radical (unpaired) electrons. The molecule has 1 rings (SSSR count). The zero-order chi connectivity index (χ0) is 10.6. The van der Waals surface area contributed by atoms with E-state index in [-0.39, 0.29) is 5.60 Å². The second-order valence-corrected chi connectivity index (χ2v) is 4.00. The lowest BCUT2D eigenvalue weighted by molar-refractivity contribution is 0.0663. The van der Waals surface area contributed by atoms with Crippen molar-refractivity contribution in [2.75, 3.05) is 7.11 Å². The van der Waals surface area contributed by atoms with E-state index in [4.69, 9.17) is 4.74 Å². The fourth-order valence-electron chi connectivity index (χ4n) is 1.13. The van der Waals surface area contributed by atoms with E-state index >= 15 is 0 Å². The molecule has 0 aliphatic heterocycles. The predicted octanol–water partition coefficient (Wildman–Crippen LogP) is 3.43. The third kappa shape index (κ3) is 3.00. The average Bonchev–Trinajstić information content (AvgIpc) is 2.17. The highest BCUT2D eigenvalue weighted by molar-refractivity contribution is 5.54. The lowest BCUT2D eigenvalue weighted by Crippen LogP contribution is -2.18. The van der Waals surface area contributed by atoms with Crippen LogP contribution in [0.5, 0.6) is 0 Å². The van der Waals surface area contributed by atoms with Crippen LogP contribution >= 0.6 is 0 Å². The van der Waals surface area contributed by atoms with Crippen molar-refractivity contribution < 1.29 is 4.74 Å². The predicted molar refractivity (Wildman–Crippen MR) is 61.3 cm³/mol. The summed E-state index contributed by atoms with van der Waals surface area (Å²) < 4.78 is 5.31. The number of rotatable bonds is 3. The van der Waals surface area contributed by atoms with E-state index < -0.39 is 0 Å². The molecular formula is C13H18O. The Labute approximate surface area is 86.4 Å². The first-order chi connectivity index (χ1) is 6.55. The van der Waals surface area contributed by atoms with Gasteiger partial charge >= 0.3 is 0 Å². The molecule has 0 fully saturated rings. The van der Waals surface area contributed by atoms with Gasteiger partial charge in [0.05, 0.1) is 5.60 Å². The second-order valence-electron chi connectivity index (χ2n) is 4.00. The Morgan fingerprint density at radius 1 is 1.21 bits per heavy atom. The van der Waals surface area contributed by atoms with Gasteiger partial charge in [-0.2, -0.15) is 0 Å². The molecule has 0 saturated carbocycles. The van der Waals surface area contributed by atoms with Crippen molar-refractivity contribution in [3.05, 3.63) is 41.5 Å². The summed E-state index contributed by atoms with van der Waals surface area (Å²) in [4.78, 5) is 0. The quantitative estimate of drug-likeness (QED) is 0.709. The Hall–Kier alpha value is -1.08. The molecular weight excluding hydrogens is 172 g/mol. The van der Waals surface area contributed by atoms with Crippen LogP contribution in [-0.2, 0) is 4.74 Å². The maximum Gasteiger partial charge on any atom is 0.0805 e. The van der Waals surface area contributed by atoms with Gasteiger partial charge in [0.1, 0.15) is 0 Å². The normalized spacial score (nSPS) is 12.3.